The minimum absolute atomic E-state index is 0.0228. The molecular formula is C22H23ClN2O2. The molecule has 0 bridgehead atoms. The molecule has 4 rings (SSSR count). The summed E-state index contributed by atoms with van der Waals surface area (Å²) in [7, 11) is 0. The summed E-state index contributed by atoms with van der Waals surface area (Å²) in [5, 5.41) is 3.79. The zero-order chi connectivity index (χ0) is 19.0. The van der Waals surface area contributed by atoms with Crippen LogP contribution in [0.1, 0.15) is 43.7 Å². The van der Waals surface area contributed by atoms with E-state index < -0.39 is 5.41 Å². The highest BCUT2D eigenvalue weighted by Crippen LogP contribution is 2.42. The lowest BCUT2D eigenvalue weighted by Crippen LogP contribution is -2.38. The maximum Gasteiger partial charge on any atom is 0.235 e. The normalized spacial score (nSPS) is 17.6. The first-order valence-corrected chi connectivity index (χ1v) is 9.86. The Morgan fingerprint density at radius 3 is 2.44 bits per heavy atom. The fraction of sp³-hybridized carbons (Fsp3) is 0.364. The first-order chi connectivity index (χ1) is 13.0. The highest BCUT2D eigenvalue weighted by atomic mass is 35.5. The maximum absolute atomic E-state index is 13.3. The minimum Gasteiger partial charge on any atom is -0.325 e. The van der Waals surface area contributed by atoms with Crippen LogP contribution in [0, 0.1) is 0 Å². The van der Waals surface area contributed by atoms with E-state index in [0.717, 1.165) is 54.6 Å². The van der Waals surface area contributed by atoms with E-state index in [1.165, 1.54) is 0 Å². The molecule has 140 valence electrons. The number of nitrogens with one attached hydrogen (secondary N) is 1. The predicted octanol–water partition coefficient (Wildman–Crippen LogP) is 4.70. The van der Waals surface area contributed by atoms with Gasteiger partial charge in [0.1, 0.15) is 0 Å². The van der Waals surface area contributed by atoms with Crippen LogP contribution < -0.4 is 10.2 Å². The predicted molar refractivity (Wildman–Crippen MR) is 108 cm³/mol. The number of rotatable bonds is 3. The van der Waals surface area contributed by atoms with Gasteiger partial charge in [0, 0.05) is 29.9 Å². The Morgan fingerprint density at radius 2 is 1.78 bits per heavy atom. The number of benzene rings is 2. The maximum atomic E-state index is 13.3. The Morgan fingerprint density at radius 1 is 1.07 bits per heavy atom. The summed E-state index contributed by atoms with van der Waals surface area (Å²) in [6.45, 7) is 2.28. The van der Waals surface area contributed by atoms with Gasteiger partial charge in [0.15, 0.2) is 0 Å². The van der Waals surface area contributed by atoms with Crippen molar-refractivity contribution in [3.8, 4) is 0 Å². The number of carbonyl (C=O) groups excluding carboxylic acids is 2. The molecular weight excluding hydrogens is 360 g/mol. The van der Waals surface area contributed by atoms with Gasteiger partial charge in [-0.1, -0.05) is 42.6 Å². The second kappa shape index (κ2) is 7.01. The summed E-state index contributed by atoms with van der Waals surface area (Å²) in [5.41, 5.74) is 3.31. The van der Waals surface area contributed by atoms with Crippen LogP contribution >= 0.6 is 11.6 Å². The molecule has 2 aliphatic rings. The van der Waals surface area contributed by atoms with Crippen LogP contribution in [-0.4, -0.2) is 18.4 Å². The third-order valence-electron chi connectivity index (χ3n) is 5.91. The Labute approximate surface area is 164 Å². The summed E-state index contributed by atoms with van der Waals surface area (Å²) >= 11 is 6.03. The molecule has 1 aliphatic carbocycles. The molecule has 2 aromatic rings. The molecule has 5 heteroatoms. The average Bonchev–Trinajstić information content (AvgIpc) is 3.30. The quantitative estimate of drug-likeness (QED) is 0.836. The number of halogens is 1. The Balaban J connectivity index is 1.62. The highest BCUT2D eigenvalue weighted by Gasteiger charge is 2.42. The first-order valence-electron chi connectivity index (χ1n) is 9.48. The van der Waals surface area contributed by atoms with E-state index >= 15 is 0 Å². The highest BCUT2D eigenvalue weighted by molar-refractivity contribution is 6.30. The van der Waals surface area contributed by atoms with E-state index in [2.05, 4.69) is 5.32 Å². The van der Waals surface area contributed by atoms with Crippen LogP contribution in [0.3, 0.4) is 0 Å². The summed E-state index contributed by atoms with van der Waals surface area (Å²) < 4.78 is 0. The second-order valence-corrected chi connectivity index (χ2v) is 7.95. The number of anilines is 2. The standard InChI is InChI=1S/C22H23ClN2O2/c1-15(26)25-13-10-16-4-9-19(14-20(16)25)24-21(27)22(11-2-3-12-22)17-5-7-18(23)8-6-17/h4-9,14H,2-3,10-13H2,1H3,(H,24,27). The van der Waals surface area contributed by atoms with Crippen molar-refractivity contribution in [1.29, 1.82) is 0 Å². The first kappa shape index (κ1) is 18.1. The largest absolute Gasteiger partial charge is 0.325 e. The smallest absolute Gasteiger partial charge is 0.235 e. The molecule has 0 spiro atoms. The summed E-state index contributed by atoms with van der Waals surface area (Å²) in [5.74, 6) is 0.0558. The SMILES string of the molecule is CC(=O)N1CCc2ccc(NC(=O)C3(c4ccc(Cl)cc4)CCCC3)cc21. The van der Waals surface area contributed by atoms with Crippen LogP contribution in [0.15, 0.2) is 42.5 Å². The zero-order valence-corrected chi connectivity index (χ0v) is 16.2. The molecule has 27 heavy (non-hydrogen) atoms. The molecule has 0 atom stereocenters. The molecule has 4 nitrogen and oxygen atoms in total. The summed E-state index contributed by atoms with van der Waals surface area (Å²) in [6, 6.07) is 13.5. The lowest BCUT2D eigenvalue weighted by atomic mass is 9.78. The van der Waals surface area contributed by atoms with Crippen LogP contribution in [0.2, 0.25) is 5.02 Å². The van der Waals surface area contributed by atoms with E-state index in [0.29, 0.717) is 11.6 Å². The molecule has 2 amide bonds. The third-order valence-corrected chi connectivity index (χ3v) is 6.16. The fourth-order valence-electron chi connectivity index (χ4n) is 4.43. The van der Waals surface area contributed by atoms with E-state index in [4.69, 9.17) is 11.6 Å². The van der Waals surface area contributed by atoms with Gasteiger partial charge in [0.05, 0.1) is 5.41 Å². The van der Waals surface area contributed by atoms with E-state index in [1.54, 1.807) is 11.8 Å². The lowest BCUT2D eigenvalue weighted by molar-refractivity contribution is -0.121. The van der Waals surface area contributed by atoms with Crippen molar-refractivity contribution in [2.24, 2.45) is 0 Å². The molecule has 0 saturated heterocycles. The van der Waals surface area contributed by atoms with Gasteiger partial charge in [-0.2, -0.15) is 0 Å². The van der Waals surface area contributed by atoms with Crippen molar-refractivity contribution in [2.45, 2.75) is 44.4 Å². The monoisotopic (exact) mass is 382 g/mol. The van der Waals surface area contributed by atoms with Gasteiger partial charge in [-0.25, -0.2) is 0 Å². The molecule has 2 aromatic carbocycles. The summed E-state index contributed by atoms with van der Waals surface area (Å²) in [6.07, 6.45) is 4.62. The molecule has 1 saturated carbocycles. The number of hydrogen-bond donors (Lipinski definition) is 1. The topological polar surface area (TPSA) is 49.4 Å². The van der Waals surface area contributed by atoms with Gasteiger partial charge >= 0.3 is 0 Å². The van der Waals surface area contributed by atoms with E-state index in [9.17, 15) is 9.59 Å². The van der Waals surface area contributed by atoms with Crippen molar-refractivity contribution in [2.75, 3.05) is 16.8 Å². The van der Waals surface area contributed by atoms with E-state index in [1.807, 2.05) is 42.5 Å². The van der Waals surface area contributed by atoms with Gasteiger partial charge < -0.3 is 10.2 Å². The molecule has 0 aromatic heterocycles. The lowest BCUT2D eigenvalue weighted by Gasteiger charge is -2.28. The van der Waals surface area contributed by atoms with Crippen LogP contribution in [0.5, 0.6) is 0 Å². The summed E-state index contributed by atoms with van der Waals surface area (Å²) in [4.78, 5) is 26.9. The number of nitrogens with zero attached hydrogens (tertiary/aromatic N) is 1. The van der Waals surface area contributed by atoms with Gasteiger partial charge in [-0.3, -0.25) is 9.59 Å². The van der Waals surface area contributed by atoms with Crippen LogP contribution in [-0.2, 0) is 21.4 Å². The molecule has 1 aliphatic heterocycles. The molecule has 0 unspecified atom stereocenters. The number of fused-ring (bicyclic) bond motifs is 1. The van der Waals surface area contributed by atoms with Gasteiger partial charge in [-0.05, 0) is 54.7 Å². The number of hydrogen-bond acceptors (Lipinski definition) is 2. The van der Waals surface area contributed by atoms with Gasteiger partial charge in [0.25, 0.3) is 0 Å². The Hall–Kier alpha value is -2.33. The molecule has 0 radical (unpaired) electrons. The molecule has 1 N–H and O–H groups in total. The van der Waals surface area contributed by atoms with Crippen LogP contribution in [0.25, 0.3) is 0 Å². The van der Waals surface area contributed by atoms with Crippen molar-refractivity contribution < 1.29 is 9.59 Å². The average molecular weight is 383 g/mol. The molecule has 1 heterocycles. The Kier molecular flexibility index (Phi) is 4.68. The zero-order valence-electron chi connectivity index (χ0n) is 15.4. The van der Waals surface area contributed by atoms with Crippen molar-refractivity contribution in [3.05, 3.63) is 58.6 Å². The van der Waals surface area contributed by atoms with Crippen LogP contribution in [0.4, 0.5) is 11.4 Å². The Bertz CT molecular complexity index is 886. The van der Waals surface area contributed by atoms with Crippen molar-refractivity contribution in [1.82, 2.24) is 0 Å². The second-order valence-electron chi connectivity index (χ2n) is 7.51. The fourth-order valence-corrected chi connectivity index (χ4v) is 4.56. The number of carbonyl (C=O) groups is 2. The molecule has 1 fully saturated rings. The van der Waals surface area contributed by atoms with E-state index in [-0.39, 0.29) is 11.8 Å². The van der Waals surface area contributed by atoms with Gasteiger partial charge in [-0.15, -0.1) is 0 Å². The van der Waals surface area contributed by atoms with Crippen molar-refractivity contribution >= 4 is 34.8 Å². The van der Waals surface area contributed by atoms with Gasteiger partial charge in [0.2, 0.25) is 11.8 Å². The van der Waals surface area contributed by atoms with Crippen molar-refractivity contribution in [3.63, 3.8) is 0 Å². The number of amides is 2. The third kappa shape index (κ3) is 3.23. The minimum atomic E-state index is -0.510.